The summed E-state index contributed by atoms with van der Waals surface area (Å²) in [5.41, 5.74) is 5.68. The number of nitrogens with zero attached hydrogens (tertiary/aromatic N) is 2. The SMILES string of the molecule is CN(C)CCOc1ccc(C(=C2CCCCCCC2)c2ccc(N=O)cc2)cc1. The molecule has 154 valence electrons. The molecule has 0 bridgehead atoms. The first kappa shape index (κ1) is 21.3. The number of allylic oxidation sites excluding steroid dienone is 1. The van der Waals surface area contributed by atoms with Crippen molar-refractivity contribution in [1.82, 2.24) is 4.90 Å². The van der Waals surface area contributed by atoms with Gasteiger partial charge in [0.2, 0.25) is 0 Å². The third kappa shape index (κ3) is 6.26. The molecular formula is C25H32N2O2. The second-order valence-electron chi connectivity index (χ2n) is 8.06. The number of rotatable bonds is 7. The van der Waals surface area contributed by atoms with E-state index in [1.54, 1.807) is 0 Å². The lowest BCUT2D eigenvalue weighted by atomic mass is 9.86. The highest BCUT2D eigenvalue weighted by Gasteiger charge is 2.14. The number of nitroso groups, excluding NO2 is 1. The normalized spacial score (nSPS) is 14.9. The lowest BCUT2D eigenvalue weighted by Crippen LogP contribution is -2.19. The Morgan fingerprint density at radius 3 is 1.97 bits per heavy atom. The van der Waals surface area contributed by atoms with Crippen molar-refractivity contribution < 1.29 is 4.74 Å². The maximum atomic E-state index is 10.8. The van der Waals surface area contributed by atoms with Crippen LogP contribution < -0.4 is 4.74 Å². The van der Waals surface area contributed by atoms with Gasteiger partial charge < -0.3 is 9.64 Å². The number of hydrogen-bond acceptors (Lipinski definition) is 4. The minimum absolute atomic E-state index is 0.473. The first-order valence-electron chi connectivity index (χ1n) is 10.7. The zero-order valence-corrected chi connectivity index (χ0v) is 17.7. The molecule has 0 radical (unpaired) electrons. The first-order chi connectivity index (χ1) is 14.2. The minimum atomic E-state index is 0.473. The van der Waals surface area contributed by atoms with E-state index in [-0.39, 0.29) is 0 Å². The highest BCUT2D eigenvalue weighted by Crippen LogP contribution is 2.35. The first-order valence-corrected chi connectivity index (χ1v) is 10.7. The maximum absolute atomic E-state index is 10.8. The van der Waals surface area contributed by atoms with E-state index >= 15 is 0 Å². The van der Waals surface area contributed by atoms with E-state index in [2.05, 4.69) is 34.3 Å². The van der Waals surface area contributed by atoms with Gasteiger partial charge in [0.15, 0.2) is 0 Å². The van der Waals surface area contributed by atoms with Crippen LogP contribution >= 0.6 is 0 Å². The van der Waals surface area contributed by atoms with Crippen LogP contribution in [0, 0.1) is 4.91 Å². The molecule has 29 heavy (non-hydrogen) atoms. The Bertz CT molecular complexity index is 798. The van der Waals surface area contributed by atoms with E-state index in [1.165, 1.54) is 48.8 Å². The van der Waals surface area contributed by atoms with Gasteiger partial charge in [-0.15, -0.1) is 4.91 Å². The Hall–Kier alpha value is -2.46. The van der Waals surface area contributed by atoms with Gasteiger partial charge in [0, 0.05) is 6.54 Å². The Balaban J connectivity index is 1.90. The van der Waals surface area contributed by atoms with E-state index in [9.17, 15) is 4.91 Å². The Labute approximate surface area is 174 Å². The molecule has 0 N–H and O–H groups in total. The summed E-state index contributed by atoms with van der Waals surface area (Å²) in [5, 5.41) is 3.05. The van der Waals surface area contributed by atoms with Crippen LogP contribution in [0.3, 0.4) is 0 Å². The van der Waals surface area contributed by atoms with Crippen molar-refractivity contribution in [2.45, 2.75) is 44.9 Å². The Morgan fingerprint density at radius 1 is 0.862 bits per heavy atom. The average molecular weight is 393 g/mol. The second-order valence-corrected chi connectivity index (χ2v) is 8.06. The van der Waals surface area contributed by atoms with Crippen molar-refractivity contribution in [2.75, 3.05) is 27.2 Å². The lowest BCUT2D eigenvalue weighted by Gasteiger charge is -2.19. The van der Waals surface area contributed by atoms with Crippen molar-refractivity contribution >= 4 is 11.3 Å². The summed E-state index contributed by atoms with van der Waals surface area (Å²) in [6.45, 7) is 1.58. The van der Waals surface area contributed by atoms with Crippen LogP contribution in [0.4, 0.5) is 5.69 Å². The summed E-state index contributed by atoms with van der Waals surface area (Å²) in [7, 11) is 4.09. The van der Waals surface area contributed by atoms with Crippen molar-refractivity contribution in [1.29, 1.82) is 0 Å². The molecule has 0 atom stereocenters. The van der Waals surface area contributed by atoms with Crippen LogP contribution in [0.5, 0.6) is 5.75 Å². The fourth-order valence-electron chi connectivity index (χ4n) is 3.91. The summed E-state index contributed by atoms with van der Waals surface area (Å²) in [5.74, 6) is 0.901. The Kier molecular flexibility index (Phi) is 8.00. The molecule has 0 saturated heterocycles. The van der Waals surface area contributed by atoms with Crippen molar-refractivity contribution in [2.24, 2.45) is 5.18 Å². The van der Waals surface area contributed by atoms with Gasteiger partial charge in [-0.2, -0.15) is 0 Å². The van der Waals surface area contributed by atoms with Crippen LogP contribution in [0.25, 0.3) is 5.57 Å². The summed E-state index contributed by atoms with van der Waals surface area (Å²) in [6.07, 6.45) is 8.75. The van der Waals surface area contributed by atoms with E-state index < -0.39 is 0 Å². The molecule has 1 fully saturated rings. The van der Waals surface area contributed by atoms with Gasteiger partial charge in [-0.1, -0.05) is 49.1 Å². The highest BCUT2D eigenvalue weighted by atomic mass is 16.5. The van der Waals surface area contributed by atoms with Gasteiger partial charge in [-0.05, 0) is 85.9 Å². The lowest BCUT2D eigenvalue weighted by molar-refractivity contribution is 0.261. The zero-order chi connectivity index (χ0) is 20.5. The van der Waals surface area contributed by atoms with Gasteiger partial charge in [-0.3, -0.25) is 0 Å². The molecule has 1 aliphatic carbocycles. The summed E-state index contributed by atoms with van der Waals surface area (Å²) < 4.78 is 5.86. The van der Waals surface area contributed by atoms with Gasteiger partial charge in [0.25, 0.3) is 0 Å². The third-order valence-corrected chi connectivity index (χ3v) is 5.52. The maximum Gasteiger partial charge on any atom is 0.119 e. The van der Waals surface area contributed by atoms with E-state index in [0.717, 1.165) is 30.7 Å². The fourth-order valence-corrected chi connectivity index (χ4v) is 3.91. The molecule has 4 nitrogen and oxygen atoms in total. The second kappa shape index (κ2) is 10.9. The van der Waals surface area contributed by atoms with Gasteiger partial charge >= 0.3 is 0 Å². The van der Waals surface area contributed by atoms with E-state index in [0.29, 0.717) is 12.3 Å². The zero-order valence-electron chi connectivity index (χ0n) is 17.7. The summed E-state index contributed by atoms with van der Waals surface area (Å²) in [6, 6.07) is 16.1. The van der Waals surface area contributed by atoms with Crippen LogP contribution in [0.2, 0.25) is 0 Å². The predicted octanol–water partition coefficient (Wildman–Crippen LogP) is 6.57. The number of likely N-dealkylation sites (N-methyl/N-ethyl adjacent to an activating group) is 1. The molecule has 2 aromatic carbocycles. The molecule has 1 aliphatic rings. The molecule has 0 unspecified atom stereocenters. The number of hydrogen-bond donors (Lipinski definition) is 0. The molecule has 0 spiro atoms. The minimum Gasteiger partial charge on any atom is -0.492 e. The monoisotopic (exact) mass is 392 g/mol. The predicted molar refractivity (Wildman–Crippen MR) is 121 cm³/mol. The molecule has 4 heteroatoms. The number of ether oxygens (including phenoxy) is 1. The summed E-state index contributed by atoms with van der Waals surface area (Å²) >= 11 is 0. The van der Waals surface area contributed by atoms with Gasteiger partial charge in [0.05, 0.1) is 0 Å². The summed E-state index contributed by atoms with van der Waals surface area (Å²) in [4.78, 5) is 12.9. The average Bonchev–Trinajstić information content (AvgIpc) is 2.71. The number of benzene rings is 2. The van der Waals surface area contributed by atoms with Gasteiger partial charge in [0.1, 0.15) is 18.0 Å². The van der Waals surface area contributed by atoms with Crippen LogP contribution in [0.1, 0.15) is 56.1 Å². The molecule has 1 saturated carbocycles. The Morgan fingerprint density at radius 2 is 1.41 bits per heavy atom. The molecule has 0 heterocycles. The van der Waals surface area contributed by atoms with Crippen molar-refractivity contribution in [3.63, 3.8) is 0 Å². The molecule has 0 amide bonds. The fraction of sp³-hybridized carbons (Fsp3) is 0.440. The molecule has 0 aromatic heterocycles. The molecule has 2 aromatic rings. The molecular weight excluding hydrogens is 360 g/mol. The van der Waals surface area contributed by atoms with Crippen LogP contribution in [-0.4, -0.2) is 32.1 Å². The van der Waals surface area contributed by atoms with Crippen LogP contribution in [-0.2, 0) is 0 Å². The van der Waals surface area contributed by atoms with Gasteiger partial charge in [-0.25, -0.2) is 0 Å². The van der Waals surface area contributed by atoms with E-state index in [4.69, 9.17) is 4.74 Å². The standard InChI is InChI=1S/C25H32N2O2/c1-27(2)18-19-29-24-16-12-22(13-17-24)25(20-8-6-4-3-5-7-9-20)21-10-14-23(26-28)15-11-21/h10-17H,3-9,18-19H2,1-2H3. The molecule has 3 rings (SSSR count). The largest absolute Gasteiger partial charge is 0.492 e. The smallest absolute Gasteiger partial charge is 0.119 e. The highest BCUT2D eigenvalue weighted by molar-refractivity contribution is 5.82. The topological polar surface area (TPSA) is 41.9 Å². The van der Waals surface area contributed by atoms with Crippen LogP contribution in [0.15, 0.2) is 59.3 Å². The van der Waals surface area contributed by atoms with Crippen molar-refractivity contribution in [3.8, 4) is 5.75 Å². The quantitative estimate of drug-likeness (QED) is 0.500. The third-order valence-electron chi connectivity index (χ3n) is 5.52. The van der Waals surface area contributed by atoms with E-state index in [1.807, 2.05) is 38.4 Å². The molecule has 0 aliphatic heterocycles. The van der Waals surface area contributed by atoms with Crippen molar-refractivity contribution in [3.05, 3.63) is 70.1 Å².